The molecular formula is C20H20N4O2S. The molecule has 0 N–H and O–H groups in total. The summed E-state index contributed by atoms with van der Waals surface area (Å²) >= 11 is 1.50. The Balaban J connectivity index is 2.12. The van der Waals surface area contributed by atoms with E-state index in [4.69, 9.17) is 9.47 Å². The molecule has 0 bridgehead atoms. The lowest BCUT2D eigenvalue weighted by Gasteiger charge is -2.10. The first-order valence-electron chi connectivity index (χ1n) is 8.26. The van der Waals surface area contributed by atoms with Gasteiger partial charge in [-0.3, -0.25) is 9.98 Å². The average Bonchev–Trinajstić information content (AvgIpc) is 3.13. The van der Waals surface area contributed by atoms with Crippen molar-refractivity contribution in [3.05, 3.63) is 71.1 Å². The summed E-state index contributed by atoms with van der Waals surface area (Å²) in [5.41, 5.74) is 2.53. The number of benzene rings is 1. The van der Waals surface area contributed by atoms with Crippen LogP contribution in [0.4, 0.5) is 0 Å². The molecule has 0 unspecified atom stereocenters. The number of aromatic nitrogens is 2. The first-order valence-corrected chi connectivity index (χ1v) is 9.14. The van der Waals surface area contributed by atoms with Crippen LogP contribution in [0.2, 0.25) is 0 Å². The fraction of sp³-hybridized carbons (Fsp3) is 0.150. The van der Waals surface area contributed by atoms with Gasteiger partial charge in [-0.2, -0.15) is 5.10 Å². The summed E-state index contributed by atoms with van der Waals surface area (Å²) in [6, 6.07) is 11.4. The zero-order valence-corrected chi connectivity index (χ0v) is 16.0. The lowest BCUT2D eigenvalue weighted by Crippen LogP contribution is -2.13. The van der Waals surface area contributed by atoms with E-state index in [1.807, 2.05) is 41.8 Å². The van der Waals surface area contributed by atoms with Gasteiger partial charge >= 0.3 is 0 Å². The number of pyridine rings is 1. The fourth-order valence-electron chi connectivity index (χ4n) is 2.43. The van der Waals surface area contributed by atoms with E-state index in [2.05, 4.69) is 21.7 Å². The van der Waals surface area contributed by atoms with E-state index in [-0.39, 0.29) is 0 Å². The van der Waals surface area contributed by atoms with Gasteiger partial charge in [-0.25, -0.2) is 4.68 Å². The van der Waals surface area contributed by atoms with E-state index < -0.39 is 0 Å². The topological polar surface area (TPSA) is 61.0 Å². The van der Waals surface area contributed by atoms with E-state index in [1.165, 1.54) is 11.3 Å². The fourth-order valence-corrected chi connectivity index (χ4v) is 3.27. The van der Waals surface area contributed by atoms with Crippen LogP contribution in [0.3, 0.4) is 0 Å². The zero-order chi connectivity index (χ0) is 19.1. The minimum Gasteiger partial charge on any atom is -0.497 e. The Labute approximate surface area is 161 Å². The minimum atomic E-state index is 0.513. The highest BCUT2D eigenvalue weighted by Crippen LogP contribution is 2.33. The summed E-state index contributed by atoms with van der Waals surface area (Å²) in [5, 5.41) is 6.61. The van der Waals surface area contributed by atoms with Gasteiger partial charge in [0.05, 0.1) is 38.4 Å². The van der Waals surface area contributed by atoms with Gasteiger partial charge in [0.15, 0.2) is 0 Å². The lowest BCUT2D eigenvalue weighted by atomic mass is 10.1. The van der Waals surface area contributed by atoms with Gasteiger partial charge in [-0.1, -0.05) is 12.1 Å². The molecular weight excluding hydrogens is 360 g/mol. The van der Waals surface area contributed by atoms with E-state index >= 15 is 0 Å². The molecule has 7 heteroatoms. The SMILES string of the molecule is C=CCN=c1scc(-c2ccc(OC)cc2OC)n1N=Cc1ccccn1. The Bertz CT molecular complexity index is 1010. The third-order valence-corrected chi connectivity index (χ3v) is 4.57. The van der Waals surface area contributed by atoms with Crippen LogP contribution in [0.25, 0.3) is 11.3 Å². The van der Waals surface area contributed by atoms with Crippen LogP contribution in [0, 0.1) is 0 Å². The molecule has 0 saturated heterocycles. The number of hydrogen-bond donors (Lipinski definition) is 0. The highest BCUT2D eigenvalue weighted by molar-refractivity contribution is 7.07. The molecule has 0 saturated carbocycles. The second kappa shape index (κ2) is 8.95. The van der Waals surface area contributed by atoms with Crippen LogP contribution in [0.15, 0.2) is 70.7 Å². The molecule has 0 amide bonds. The monoisotopic (exact) mass is 380 g/mol. The van der Waals surface area contributed by atoms with Gasteiger partial charge in [0.25, 0.3) is 0 Å². The summed E-state index contributed by atoms with van der Waals surface area (Å²) in [7, 11) is 3.26. The molecule has 138 valence electrons. The molecule has 3 aromatic rings. The Morgan fingerprint density at radius 2 is 2.11 bits per heavy atom. The standard InChI is InChI=1S/C20H20N4O2S/c1-4-10-22-20-24(23-13-15-7-5-6-11-21-15)18(14-27-20)17-9-8-16(25-2)12-19(17)26-3/h4-9,11-14H,1,10H2,2-3H3. The maximum absolute atomic E-state index is 5.55. The summed E-state index contributed by atoms with van der Waals surface area (Å²) in [6.07, 6.45) is 5.19. The maximum Gasteiger partial charge on any atom is 0.206 e. The Hall–Kier alpha value is -3.19. The van der Waals surface area contributed by atoms with Gasteiger partial charge in [0, 0.05) is 23.2 Å². The predicted molar refractivity (Wildman–Crippen MR) is 109 cm³/mol. The molecule has 0 aliphatic heterocycles. The number of methoxy groups -OCH3 is 2. The van der Waals surface area contributed by atoms with Gasteiger partial charge in [0.1, 0.15) is 11.5 Å². The quantitative estimate of drug-likeness (QED) is 0.465. The van der Waals surface area contributed by atoms with E-state index in [1.54, 1.807) is 37.4 Å². The van der Waals surface area contributed by atoms with Crippen LogP contribution in [-0.2, 0) is 0 Å². The van der Waals surface area contributed by atoms with Crippen LogP contribution in [0.5, 0.6) is 11.5 Å². The van der Waals surface area contributed by atoms with E-state index in [0.717, 1.165) is 27.5 Å². The average molecular weight is 380 g/mol. The van der Waals surface area contributed by atoms with Crippen molar-refractivity contribution in [3.8, 4) is 22.8 Å². The number of thiazole rings is 1. The number of nitrogens with zero attached hydrogens (tertiary/aromatic N) is 4. The Morgan fingerprint density at radius 1 is 1.22 bits per heavy atom. The van der Waals surface area contributed by atoms with Gasteiger partial charge in [-0.05, 0) is 24.3 Å². The first-order chi connectivity index (χ1) is 13.3. The Kier molecular flexibility index (Phi) is 6.17. The molecule has 1 aromatic carbocycles. The van der Waals surface area contributed by atoms with Crippen molar-refractivity contribution in [2.45, 2.75) is 0 Å². The molecule has 0 aliphatic rings. The predicted octanol–water partition coefficient (Wildman–Crippen LogP) is 3.60. The molecule has 2 heterocycles. The van der Waals surface area contributed by atoms with Crippen LogP contribution in [0.1, 0.15) is 5.69 Å². The largest absolute Gasteiger partial charge is 0.497 e. The second-order valence-corrected chi connectivity index (χ2v) is 6.25. The van der Waals surface area contributed by atoms with Crippen molar-refractivity contribution in [2.75, 3.05) is 20.8 Å². The van der Waals surface area contributed by atoms with Gasteiger partial charge in [0.2, 0.25) is 4.80 Å². The molecule has 0 spiro atoms. The molecule has 0 radical (unpaired) electrons. The molecule has 2 aromatic heterocycles. The highest BCUT2D eigenvalue weighted by Gasteiger charge is 2.13. The lowest BCUT2D eigenvalue weighted by molar-refractivity contribution is 0.395. The van der Waals surface area contributed by atoms with Crippen molar-refractivity contribution in [1.82, 2.24) is 9.66 Å². The third-order valence-electron chi connectivity index (χ3n) is 3.72. The van der Waals surface area contributed by atoms with Crippen molar-refractivity contribution >= 4 is 17.6 Å². The van der Waals surface area contributed by atoms with Crippen molar-refractivity contribution in [1.29, 1.82) is 0 Å². The second-order valence-electron chi connectivity index (χ2n) is 5.41. The number of rotatable bonds is 7. The van der Waals surface area contributed by atoms with Crippen LogP contribution in [-0.4, -0.2) is 36.6 Å². The van der Waals surface area contributed by atoms with Crippen molar-refractivity contribution in [2.24, 2.45) is 10.1 Å². The molecule has 0 aliphatic carbocycles. The summed E-state index contributed by atoms with van der Waals surface area (Å²) in [5.74, 6) is 1.43. The highest BCUT2D eigenvalue weighted by atomic mass is 32.1. The molecule has 0 atom stereocenters. The smallest absolute Gasteiger partial charge is 0.206 e. The Morgan fingerprint density at radius 3 is 2.81 bits per heavy atom. The van der Waals surface area contributed by atoms with Crippen molar-refractivity contribution < 1.29 is 9.47 Å². The van der Waals surface area contributed by atoms with E-state index in [0.29, 0.717) is 12.3 Å². The third kappa shape index (κ3) is 4.32. The zero-order valence-electron chi connectivity index (χ0n) is 15.2. The summed E-state index contributed by atoms with van der Waals surface area (Å²) in [6.45, 7) is 4.24. The summed E-state index contributed by atoms with van der Waals surface area (Å²) < 4.78 is 12.6. The maximum atomic E-state index is 5.55. The molecule has 27 heavy (non-hydrogen) atoms. The molecule has 6 nitrogen and oxygen atoms in total. The molecule has 0 fully saturated rings. The van der Waals surface area contributed by atoms with Gasteiger partial charge in [-0.15, -0.1) is 17.9 Å². The normalized spacial score (nSPS) is 11.7. The van der Waals surface area contributed by atoms with E-state index in [9.17, 15) is 0 Å². The first kappa shape index (κ1) is 18.6. The van der Waals surface area contributed by atoms with Crippen LogP contribution >= 0.6 is 11.3 Å². The molecule has 3 rings (SSSR count). The van der Waals surface area contributed by atoms with Gasteiger partial charge < -0.3 is 9.47 Å². The van der Waals surface area contributed by atoms with Crippen LogP contribution < -0.4 is 14.3 Å². The minimum absolute atomic E-state index is 0.513. The number of ether oxygens (including phenoxy) is 2. The van der Waals surface area contributed by atoms with Crippen molar-refractivity contribution in [3.63, 3.8) is 0 Å². The summed E-state index contributed by atoms with van der Waals surface area (Å²) in [4.78, 5) is 9.58. The number of hydrogen-bond acceptors (Lipinski definition) is 6.